The highest BCUT2D eigenvalue weighted by Gasteiger charge is 2.11. The van der Waals surface area contributed by atoms with Crippen molar-refractivity contribution in [2.75, 3.05) is 18.4 Å². The first-order chi connectivity index (χ1) is 10.8. The largest absolute Gasteiger partial charge is 0.354 e. The van der Waals surface area contributed by atoms with Gasteiger partial charge in [0.15, 0.2) is 0 Å². The number of hydrogen-bond donors (Lipinski definition) is 2. The predicted molar refractivity (Wildman–Crippen MR) is 91.0 cm³/mol. The van der Waals surface area contributed by atoms with Crippen molar-refractivity contribution in [1.82, 2.24) is 9.97 Å². The van der Waals surface area contributed by atoms with Crippen LogP contribution in [0.15, 0.2) is 24.3 Å². The van der Waals surface area contributed by atoms with E-state index in [9.17, 15) is 0 Å². The lowest BCUT2D eigenvalue weighted by atomic mass is 9.90. The summed E-state index contributed by atoms with van der Waals surface area (Å²) in [5.74, 6) is 0.696. The summed E-state index contributed by atoms with van der Waals surface area (Å²) in [4.78, 5) is 9.12. The molecule has 1 aromatic heterocycles. The van der Waals surface area contributed by atoms with E-state index < -0.39 is 0 Å². The first-order valence-corrected chi connectivity index (χ1v) is 8.18. The first kappa shape index (κ1) is 15.0. The minimum Gasteiger partial charge on any atom is -0.354 e. The number of benzene rings is 1. The van der Waals surface area contributed by atoms with Gasteiger partial charge in [-0.1, -0.05) is 12.1 Å². The van der Waals surface area contributed by atoms with Gasteiger partial charge in [-0.3, -0.25) is 0 Å². The topological polar surface area (TPSA) is 63.8 Å². The maximum Gasteiger partial charge on any atom is 0.223 e. The Morgan fingerprint density at radius 2 is 1.91 bits per heavy atom. The number of hydrogen-bond acceptors (Lipinski definition) is 4. The third-order valence-electron chi connectivity index (χ3n) is 4.16. The second-order valence-electron chi connectivity index (χ2n) is 5.98. The van der Waals surface area contributed by atoms with E-state index in [2.05, 4.69) is 39.6 Å². The number of aromatic nitrogens is 2. The minimum atomic E-state index is 0.677. The average molecular weight is 296 g/mol. The molecule has 0 bridgehead atoms. The van der Waals surface area contributed by atoms with Crippen LogP contribution in [0.3, 0.4) is 0 Å². The monoisotopic (exact) mass is 296 g/mol. The van der Waals surface area contributed by atoms with E-state index in [4.69, 9.17) is 5.73 Å². The number of anilines is 1. The molecule has 3 N–H and O–H groups in total. The molecule has 0 atom stereocenters. The van der Waals surface area contributed by atoms with Crippen LogP contribution in [0.25, 0.3) is 11.3 Å². The van der Waals surface area contributed by atoms with Gasteiger partial charge in [0.05, 0.1) is 5.69 Å². The molecule has 0 spiro atoms. The molecule has 0 aliphatic heterocycles. The molecule has 0 saturated heterocycles. The zero-order chi connectivity index (χ0) is 15.4. The Bertz CT molecular complexity index is 652. The fraction of sp³-hybridized carbons (Fsp3) is 0.444. The molecule has 0 saturated carbocycles. The summed E-state index contributed by atoms with van der Waals surface area (Å²) < 4.78 is 0. The minimum absolute atomic E-state index is 0.677. The second kappa shape index (κ2) is 6.88. The van der Waals surface area contributed by atoms with Crippen LogP contribution in [0.1, 0.15) is 36.1 Å². The Balaban J connectivity index is 1.87. The van der Waals surface area contributed by atoms with Crippen molar-refractivity contribution >= 4 is 5.95 Å². The van der Waals surface area contributed by atoms with Crippen LogP contribution in [-0.2, 0) is 12.8 Å². The highest BCUT2D eigenvalue weighted by molar-refractivity contribution is 5.63. The Labute approximate surface area is 132 Å². The van der Waals surface area contributed by atoms with E-state index in [1.807, 2.05) is 6.92 Å². The van der Waals surface area contributed by atoms with Crippen molar-refractivity contribution in [3.8, 4) is 11.3 Å². The zero-order valence-corrected chi connectivity index (χ0v) is 13.2. The number of aryl methyl sites for hydroxylation is 3. The quantitative estimate of drug-likeness (QED) is 0.832. The molecule has 116 valence electrons. The summed E-state index contributed by atoms with van der Waals surface area (Å²) in [6.45, 7) is 3.50. The van der Waals surface area contributed by atoms with Crippen LogP contribution >= 0.6 is 0 Å². The first-order valence-electron chi connectivity index (χ1n) is 8.18. The molecular weight excluding hydrogens is 272 g/mol. The molecule has 4 nitrogen and oxygen atoms in total. The molecule has 4 heteroatoms. The highest BCUT2D eigenvalue weighted by atomic mass is 15.1. The summed E-state index contributed by atoms with van der Waals surface area (Å²) in [7, 11) is 0. The van der Waals surface area contributed by atoms with E-state index in [0.29, 0.717) is 12.5 Å². The molecule has 3 rings (SSSR count). The zero-order valence-electron chi connectivity index (χ0n) is 13.2. The molecule has 0 radical (unpaired) electrons. The normalized spacial score (nSPS) is 13.7. The lowest BCUT2D eigenvalue weighted by Crippen LogP contribution is -2.11. The molecule has 1 aliphatic carbocycles. The van der Waals surface area contributed by atoms with E-state index in [1.54, 1.807) is 0 Å². The van der Waals surface area contributed by atoms with Crippen LogP contribution in [0.5, 0.6) is 0 Å². The van der Waals surface area contributed by atoms with Crippen molar-refractivity contribution in [2.45, 2.75) is 39.0 Å². The molecule has 0 unspecified atom stereocenters. The summed E-state index contributed by atoms with van der Waals surface area (Å²) in [5, 5.41) is 3.26. The lowest BCUT2D eigenvalue weighted by Gasteiger charge is -2.16. The van der Waals surface area contributed by atoms with Crippen molar-refractivity contribution in [1.29, 1.82) is 0 Å². The standard InChI is InChI=1S/C18H24N4/c1-13-11-17(22-18(21-13)20-10-4-9-19)16-8-7-14-5-2-3-6-15(14)12-16/h7-8,11-12H,2-6,9-10,19H2,1H3,(H,20,21,22). The van der Waals surface area contributed by atoms with Crippen molar-refractivity contribution in [2.24, 2.45) is 5.73 Å². The number of rotatable bonds is 5. The molecule has 22 heavy (non-hydrogen) atoms. The maximum atomic E-state index is 5.53. The Morgan fingerprint density at radius 3 is 2.73 bits per heavy atom. The van der Waals surface area contributed by atoms with Gasteiger partial charge in [-0.2, -0.15) is 0 Å². The summed E-state index contributed by atoms with van der Waals surface area (Å²) in [5.41, 5.74) is 11.7. The Hall–Kier alpha value is -1.94. The van der Waals surface area contributed by atoms with Gasteiger partial charge in [0.1, 0.15) is 0 Å². The van der Waals surface area contributed by atoms with E-state index in [-0.39, 0.29) is 0 Å². The number of fused-ring (bicyclic) bond motifs is 1. The predicted octanol–water partition coefficient (Wildman–Crippen LogP) is 3.09. The van der Waals surface area contributed by atoms with Crippen molar-refractivity contribution < 1.29 is 0 Å². The number of nitrogens with two attached hydrogens (primary N) is 1. The van der Waals surface area contributed by atoms with Gasteiger partial charge in [-0.05, 0) is 68.8 Å². The van der Waals surface area contributed by atoms with Crippen LogP contribution in [0.4, 0.5) is 5.95 Å². The Kier molecular flexibility index (Phi) is 4.68. The summed E-state index contributed by atoms with van der Waals surface area (Å²) in [6, 6.07) is 8.82. The van der Waals surface area contributed by atoms with Gasteiger partial charge < -0.3 is 11.1 Å². The van der Waals surface area contributed by atoms with Gasteiger partial charge in [0.2, 0.25) is 5.95 Å². The third kappa shape index (κ3) is 3.45. The number of nitrogens with one attached hydrogen (secondary N) is 1. The fourth-order valence-corrected chi connectivity index (χ4v) is 2.99. The molecule has 1 aliphatic rings. The molecule has 1 heterocycles. The van der Waals surface area contributed by atoms with Gasteiger partial charge >= 0.3 is 0 Å². The van der Waals surface area contributed by atoms with Crippen molar-refractivity contribution in [3.05, 3.63) is 41.1 Å². The van der Waals surface area contributed by atoms with Gasteiger partial charge in [-0.15, -0.1) is 0 Å². The van der Waals surface area contributed by atoms with Crippen LogP contribution in [0.2, 0.25) is 0 Å². The van der Waals surface area contributed by atoms with Gasteiger partial charge in [0.25, 0.3) is 0 Å². The number of nitrogens with zero attached hydrogens (tertiary/aromatic N) is 2. The van der Waals surface area contributed by atoms with E-state index in [0.717, 1.165) is 24.4 Å². The van der Waals surface area contributed by atoms with Crippen LogP contribution < -0.4 is 11.1 Å². The van der Waals surface area contributed by atoms with Gasteiger partial charge in [0, 0.05) is 17.8 Å². The molecular formula is C18H24N4. The maximum absolute atomic E-state index is 5.53. The molecule has 2 aromatic rings. The Morgan fingerprint density at radius 1 is 1.09 bits per heavy atom. The molecule has 1 aromatic carbocycles. The molecule has 0 amide bonds. The lowest BCUT2D eigenvalue weighted by molar-refractivity contribution is 0.686. The van der Waals surface area contributed by atoms with E-state index in [1.165, 1.54) is 42.4 Å². The summed E-state index contributed by atoms with van der Waals surface area (Å²) in [6.07, 6.45) is 5.93. The smallest absolute Gasteiger partial charge is 0.223 e. The average Bonchev–Trinajstić information content (AvgIpc) is 2.54. The van der Waals surface area contributed by atoms with Gasteiger partial charge in [-0.25, -0.2) is 9.97 Å². The van der Waals surface area contributed by atoms with Crippen LogP contribution in [0, 0.1) is 6.92 Å². The van der Waals surface area contributed by atoms with E-state index >= 15 is 0 Å². The molecule has 0 fully saturated rings. The second-order valence-corrected chi connectivity index (χ2v) is 5.98. The summed E-state index contributed by atoms with van der Waals surface area (Å²) >= 11 is 0. The van der Waals surface area contributed by atoms with Crippen LogP contribution in [-0.4, -0.2) is 23.1 Å². The third-order valence-corrected chi connectivity index (χ3v) is 4.16. The fourth-order valence-electron chi connectivity index (χ4n) is 2.99. The SMILES string of the molecule is Cc1cc(-c2ccc3c(c2)CCCC3)nc(NCCCN)n1. The highest BCUT2D eigenvalue weighted by Crippen LogP contribution is 2.27. The van der Waals surface area contributed by atoms with Crippen molar-refractivity contribution in [3.63, 3.8) is 0 Å².